The number of rotatable bonds is 5. The molecular formula is C25H36O6. The fraction of sp³-hybridized carbons (Fsp3) is 0.840. The predicted octanol–water partition coefficient (Wildman–Crippen LogP) is 4.19. The van der Waals surface area contributed by atoms with Gasteiger partial charge in [-0.1, -0.05) is 13.8 Å². The summed E-state index contributed by atoms with van der Waals surface area (Å²) in [5, 5.41) is 8.76. The molecule has 8 unspecified atom stereocenters. The zero-order chi connectivity index (χ0) is 22.6. The molecule has 8 atom stereocenters. The molecule has 0 aromatic carbocycles. The van der Waals surface area contributed by atoms with Crippen molar-refractivity contribution >= 4 is 23.5 Å². The van der Waals surface area contributed by atoms with E-state index in [1.165, 1.54) is 0 Å². The molecule has 4 rings (SSSR count). The maximum Gasteiger partial charge on any atom is 0.306 e. The van der Waals surface area contributed by atoms with E-state index in [0.29, 0.717) is 35.9 Å². The summed E-state index contributed by atoms with van der Waals surface area (Å²) in [5.41, 5.74) is -0.411. The number of esters is 1. The van der Waals surface area contributed by atoms with Gasteiger partial charge >= 0.3 is 11.9 Å². The fourth-order valence-electron chi connectivity index (χ4n) is 8.14. The van der Waals surface area contributed by atoms with Gasteiger partial charge in [-0.05, 0) is 81.0 Å². The molecule has 0 amide bonds. The molecular weight excluding hydrogens is 396 g/mol. The molecule has 4 aliphatic rings. The molecule has 0 bridgehead atoms. The van der Waals surface area contributed by atoms with Crippen molar-refractivity contribution in [3.63, 3.8) is 0 Å². The number of fused-ring (bicyclic) bond motifs is 5. The fourth-order valence-corrected chi connectivity index (χ4v) is 8.14. The smallest absolute Gasteiger partial charge is 0.306 e. The Morgan fingerprint density at radius 2 is 1.77 bits per heavy atom. The Labute approximate surface area is 184 Å². The maximum atomic E-state index is 13.5. The lowest BCUT2D eigenvalue weighted by Gasteiger charge is -2.60. The van der Waals surface area contributed by atoms with Crippen LogP contribution in [0.15, 0.2) is 0 Å². The first-order valence-electron chi connectivity index (χ1n) is 12.0. The molecule has 0 aromatic heterocycles. The average molecular weight is 433 g/mol. The van der Waals surface area contributed by atoms with Gasteiger partial charge in [0.15, 0.2) is 0 Å². The van der Waals surface area contributed by atoms with Crippen LogP contribution in [0.25, 0.3) is 0 Å². The molecule has 0 saturated heterocycles. The number of ketones is 2. The van der Waals surface area contributed by atoms with Crippen molar-refractivity contribution in [3.8, 4) is 0 Å². The maximum absolute atomic E-state index is 13.5. The predicted molar refractivity (Wildman–Crippen MR) is 113 cm³/mol. The SMILES string of the molecule is CC(=O)C1CCC2C3CCC4CC(OC(=O)CCC(=O)O)CCC4(C)C3CC(=O)C12C. The second-order valence-corrected chi connectivity index (χ2v) is 11.1. The first-order valence-corrected chi connectivity index (χ1v) is 12.0. The van der Waals surface area contributed by atoms with E-state index < -0.39 is 17.4 Å². The van der Waals surface area contributed by atoms with Gasteiger partial charge in [0, 0.05) is 17.8 Å². The van der Waals surface area contributed by atoms with Gasteiger partial charge in [-0.2, -0.15) is 0 Å². The van der Waals surface area contributed by atoms with Crippen molar-refractivity contribution in [1.29, 1.82) is 0 Å². The standard InChI is InChI=1S/C25H36O6/c1-14(26)18-6-7-19-17-5-4-15-12-16(31-23(30)9-8-22(28)29)10-11-24(15,2)20(17)13-21(27)25(18,19)3/h15-20H,4-13H2,1-3H3,(H,28,29). The summed E-state index contributed by atoms with van der Waals surface area (Å²) in [7, 11) is 0. The monoisotopic (exact) mass is 432 g/mol. The Bertz CT molecular complexity index is 789. The molecule has 172 valence electrons. The van der Waals surface area contributed by atoms with Crippen LogP contribution in [0, 0.1) is 40.4 Å². The lowest BCUT2D eigenvalue weighted by molar-refractivity contribution is -0.169. The lowest BCUT2D eigenvalue weighted by atomic mass is 9.44. The third-order valence-corrected chi connectivity index (χ3v) is 9.81. The van der Waals surface area contributed by atoms with Crippen molar-refractivity contribution in [1.82, 2.24) is 0 Å². The Morgan fingerprint density at radius 1 is 1.03 bits per heavy atom. The van der Waals surface area contributed by atoms with Crippen LogP contribution in [0.2, 0.25) is 0 Å². The number of hydrogen-bond acceptors (Lipinski definition) is 5. The van der Waals surface area contributed by atoms with Crippen LogP contribution in [-0.4, -0.2) is 34.7 Å². The van der Waals surface area contributed by atoms with Crippen LogP contribution in [0.1, 0.15) is 85.0 Å². The van der Waals surface area contributed by atoms with Crippen LogP contribution < -0.4 is 0 Å². The highest BCUT2D eigenvalue weighted by atomic mass is 16.5. The lowest BCUT2D eigenvalue weighted by Crippen LogP contribution is -2.57. The first kappa shape index (κ1) is 22.5. The van der Waals surface area contributed by atoms with Crippen LogP contribution in [0.4, 0.5) is 0 Å². The summed E-state index contributed by atoms with van der Waals surface area (Å²) in [6, 6.07) is 0. The van der Waals surface area contributed by atoms with Crippen molar-refractivity contribution in [2.45, 2.75) is 91.1 Å². The molecule has 4 aliphatic carbocycles. The van der Waals surface area contributed by atoms with Gasteiger partial charge in [0.1, 0.15) is 17.7 Å². The van der Waals surface area contributed by atoms with Gasteiger partial charge in [0.25, 0.3) is 0 Å². The van der Waals surface area contributed by atoms with Crippen molar-refractivity contribution in [2.75, 3.05) is 0 Å². The summed E-state index contributed by atoms with van der Waals surface area (Å²) in [4.78, 5) is 48.4. The highest BCUT2D eigenvalue weighted by Gasteiger charge is 2.64. The summed E-state index contributed by atoms with van der Waals surface area (Å²) in [5.74, 6) is 0.530. The molecule has 31 heavy (non-hydrogen) atoms. The van der Waals surface area contributed by atoms with Crippen LogP contribution in [0.3, 0.4) is 0 Å². The van der Waals surface area contributed by atoms with Gasteiger partial charge < -0.3 is 9.84 Å². The Morgan fingerprint density at radius 3 is 2.45 bits per heavy atom. The van der Waals surface area contributed by atoms with E-state index in [0.717, 1.165) is 44.9 Å². The summed E-state index contributed by atoms with van der Waals surface area (Å²) >= 11 is 0. The van der Waals surface area contributed by atoms with E-state index in [1.807, 2.05) is 0 Å². The summed E-state index contributed by atoms with van der Waals surface area (Å²) in [6.45, 7) is 6.05. The van der Waals surface area contributed by atoms with E-state index in [4.69, 9.17) is 9.84 Å². The number of ether oxygens (including phenoxy) is 1. The van der Waals surface area contributed by atoms with E-state index in [1.54, 1.807) is 6.92 Å². The molecule has 0 heterocycles. The molecule has 0 radical (unpaired) electrons. The van der Waals surface area contributed by atoms with Gasteiger partial charge in [-0.25, -0.2) is 0 Å². The molecule has 0 aliphatic heterocycles. The van der Waals surface area contributed by atoms with Crippen molar-refractivity contribution in [2.24, 2.45) is 40.4 Å². The van der Waals surface area contributed by atoms with E-state index in [9.17, 15) is 19.2 Å². The summed E-state index contributed by atoms with van der Waals surface area (Å²) < 4.78 is 5.61. The highest BCUT2D eigenvalue weighted by Crippen LogP contribution is 2.66. The van der Waals surface area contributed by atoms with Crippen molar-refractivity contribution < 1.29 is 29.0 Å². The van der Waals surface area contributed by atoms with Crippen LogP contribution in [-0.2, 0) is 23.9 Å². The highest BCUT2D eigenvalue weighted by molar-refractivity contribution is 5.93. The number of carbonyl (C=O) groups excluding carboxylic acids is 3. The molecule has 1 N–H and O–H groups in total. The van der Waals surface area contributed by atoms with E-state index in [2.05, 4.69) is 13.8 Å². The van der Waals surface area contributed by atoms with Crippen LogP contribution >= 0.6 is 0 Å². The van der Waals surface area contributed by atoms with E-state index >= 15 is 0 Å². The Balaban J connectivity index is 1.46. The Hall–Kier alpha value is -1.72. The third kappa shape index (κ3) is 3.64. The molecule has 0 spiro atoms. The summed E-state index contributed by atoms with van der Waals surface area (Å²) in [6.07, 6.45) is 6.68. The zero-order valence-electron chi connectivity index (χ0n) is 19.0. The second kappa shape index (κ2) is 8.00. The van der Waals surface area contributed by atoms with Gasteiger partial charge in [-0.3, -0.25) is 19.2 Å². The number of carboxylic acids is 1. The second-order valence-electron chi connectivity index (χ2n) is 11.1. The van der Waals surface area contributed by atoms with Gasteiger partial charge in [-0.15, -0.1) is 0 Å². The number of hydrogen-bond donors (Lipinski definition) is 1. The number of carboxylic acid groups (broad SMARTS) is 1. The largest absolute Gasteiger partial charge is 0.481 e. The number of Topliss-reactive ketones (excluding diaryl/α,β-unsaturated/α-hetero) is 2. The molecule has 4 saturated carbocycles. The molecule has 4 fully saturated rings. The molecule has 6 heteroatoms. The molecule has 6 nitrogen and oxygen atoms in total. The quantitative estimate of drug-likeness (QED) is 0.654. The normalized spacial score (nSPS) is 44.0. The molecule has 0 aromatic rings. The van der Waals surface area contributed by atoms with Crippen molar-refractivity contribution in [3.05, 3.63) is 0 Å². The van der Waals surface area contributed by atoms with Crippen LogP contribution in [0.5, 0.6) is 0 Å². The van der Waals surface area contributed by atoms with E-state index in [-0.39, 0.29) is 36.1 Å². The van der Waals surface area contributed by atoms with Gasteiger partial charge in [0.2, 0.25) is 0 Å². The number of aliphatic carboxylic acids is 1. The third-order valence-electron chi connectivity index (χ3n) is 9.81. The zero-order valence-corrected chi connectivity index (χ0v) is 19.0. The minimum atomic E-state index is -0.987. The number of carbonyl (C=O) groups is 4. The topological polar surface area (TPSA) is 97.7 Å². The first-order chi connectivity index (χ1) is 14.6. The average Bonchev–Trinajstić information content (AvgIpc) is 3.07. The Kier molecular flexibility index (Phi) is 5.80. The minimum absolute atomic E-state index is 0.0676. The minimum Gasteiger partial charge on any atom is -0.481 e. The van der Waals surface area contributed by atoms with Gasteiger partial charge in [0.05, 0.1) is 12.8 Å².